The summed E-state index contributed by atoms with van der Waals surface area (Å²) >= 11 is 0. The quantitative estimate of drug-likeness (QED) is 0.836. The normalized spacial score (nSPS) is 27.4. The second kappa shape index (κ2) is 7.21. The fourth-order valence-corrected chi connectivity index (χ4v) is 6.32. The van der Waals surface area contributed by atoms with Crippen molar-refractivity contribution in [3.63, 3.8) is 0 Å². The molecule has 148 valence electrons. The Balaban J connectivity index is 1.26. The van der Waals surface area contributed by atoms with Crippen LogP contribution in [0.4, 0.5) is 0 Å². The third-order valence-corrected chi connectivity index (χ3v) is 8.35. The summed E-state index contributed by atoms with van der Waals surface area (Å²) in [6, 6.07) is 9.17. The molecule has 0 aromatic heterocycles. The van der Waals surface area contributed by atoms with Gasteiger partial charge >= 0.3 is 0 Å². The first-order valence-electron chi connectivity index (χ1n) is 10.2. The second-order valence-corrected chi connectivity index (χ2v) is 11.0. The zero-order valence-corrected chi connectivity index (χ0v) is 16.9. The van der Waals surface area contributed by atoms with Crippen LogP contribution in [0, 0.1) is 12.8 Å². The number of nitrogens with one attached hydrogen (secondary N) is 1. The van der Waals surface area contributed by atoms with Crippen molar-refractivity contribution in [2.75, 3.05) is 31.1 Å². The van der Waals surface area contributed by atoms with E-state index in [0.29, 0.717) is 11.8 Å². The topological polar surface area (TPSA) is 66.5 Å². The van der Waals surface area contributed by atoms with Gasteiger partial charge in [-0.25, -0.2) is 8.42 Å². The summed E-state index contributed by atoms with van der Waals surface area (Å²) in [5.41, 5.74) is 3.11. The number of piperidine rings is 1. The van der Waals surface area contributed by atoms with Crippen LogP contribution >= 0.6 is 0 Å². The largest absolute Gasteiger partial charge is 0.353 e. The van der Waals surface area contributed by atoms with E-state index in [2.05, 4.69) is 41.4 Å². The monoisotopic (exact) mass is 390 g/mol. The van der Waals surface area contributed by atoms with Crippen LogP contribution in [-0.4, -0.2) is 56.4 Å². The zero-order chi connectivity index (χ0) is 19.1. The van der Waals surface area contributed by atoms with Gasteiger partial charge < -0.3 is 10.2 Å². The first-order valence-corrected chi connectivity index (χ1v) is 12.0. The molecule has 3 fully saturated rings. The van der Waals surface area contributed by atoms with Gasteiger partial charge in [-0.15, -0.1) is 0 Å². The molecule has 1 amide bonds. The molecule has 1 aromatic rings. The smallest absolute Gasteiger partial charge is 0.224 e. The van der Waals surface area contributed by atoms with Gasteiger partial charge in [0.2, 0.25) is 5.91 Å². The maximum absolute atomic E-state index is 12.3. The van der Waals surface area contributed by atoms with Crippen LogP contribution in [0.1, 0.15) is 43.2 Å². The van der Waals surface area contributed by atoms with E-state index in [9.17, 15) is 13.2 Å². The van der Waals surface area contributed by atoms with Gasteiger partial charge in [-0.05, 0) is 44.6 Å². The summed E-state index contributed by atoms with van der Waals surface area (Å²) in [5, 5.41) is 3.11. The lowest BCUT2D eigenvalue weighted by Gasteiger charge is -2.35. The molecule has 6 heteroatoms. The molecule has 0 radical (unpaired) electrons. The van der Waals surface area contributed by atoms with Gasteiger partial charge in [0.05, 0.1) is 17.4 Å². The lowest BCUT2D eigenvalue weighted by Crippen LogP contribution is -2.48. The molecule has 3 aliphatic rings. The molecule has 27 heavy (non-hydrogen) atoms. The minimum atomic E-state index is -3.00. The molecular formula is C21H30N2O3S. The van der Waals surface area contributed by atoms with Gasteiger partial charge in [-0.3, -0.25) is 4.79 Å². The summed E-state index contributed by atoms with van der Waals surface area (Å²) in [6.07, 6.45) is 4.92. The molecule has 4 rings (SSSR count). The zero-order valence-electron chi connectivity index (χ0n) is 16.1. The molecule has 1 N–H and O–H groups in total. The number of nitrogens with zero attached hydrogens (tertiary/aromatic N) is 1. The second-order valence-electron chi connectivity index (χ2n) is 8.81. The maximum Gasteiger partial charge on any atom is 0.224 e. The van der Waals surface area contributed by atoms with Crippen LogP contribution < -0.4 is 5.32 Å². The van der Waals surface area contributed by atoms with Gasteiger partial charge in [0.25, 0.3) is 0 Å². The average molecular weight is 391 g/mol. The Bertz CT molecular complexity index is 791. The molecule has 2 heterocycles. The van der Waals surface area contributed by atoms with Crippen molar-refractivity contribution in [2.45, 2.75) is 50.5 Å². The lowest BCUT2D eigenvalue weighted by atomic mass is 9.93. The van der Waals surface area contributed by atoms with Crippen molar-refractivity contribution in [2.24, 2.45) is 5.92 Å². The fraction of sp³-hybridized carbons (Fsp3) is 0.667. The van der Waals surface area contributed by atoms with Crippen molar-refractivity contribution < 1.29 is 13.2 Å². The number of aryl methyl sites for hydroxylation is 1. The number of amides is 1. The van der Waals surface area contributed by atoms with E-state index in [4.69, 9.17) is 0 Å². The Morgan fingerprint density at radius 3 is 2.37 bits per heavy atom. The number of rotatable bonds is 5. The van der Waals surface area contributed by atoms with Crippen LogP contribution in [0.5, 0.6) is 0 Å². The van der Waals surface area contributed by atoms with E-state index in [1.807, 2.05) is 0 Å². The number of hydrogen-bond acceptors (Lipinski definition) is 4. The first-order chi connectivity index (χ1) is 12.9. The standard InChI is InChI=1S/C21H30N2O3S/c1-16-2-4-18(5-3-16)21(9-10-21)15-23-11-6-19(7-12-23)22-20(24)17-8-13-27(25,26)14-17/h2-5,17,19H,6-15H2,1H3,(H,22,24)/t17-/m0/s1. The summed E-state index contributed by atoms with van der Waals surface area (Å²) < 4.78 is 23.1. The van der Waals surface area contributed by atoms with Crippen LogP contribution in [0.2, 0.25) is 0 Å². The highest BCUT2D eigenvalue weighted by atomic mass is 32.2. The van der Waals surface area contributed by atoms with Crippen molar-refractivity contribution in [1.82, 2.24) is 10.2 Å². The number of benzene rings is 1. The van der Waals surface area contributed by atoms with E-state index >= 15 is 0 Å². The van der Waals surface area contributed by atoms with Crippen molar-refractivity contribution in [3.8, 4) is 0 Å². The van der Waals surface area contributed by atoms with Crippen LogP contribution in [0.25, 0.3) is 0 Å². The van der Waals surface area contributed by atoms with Gasteiger partial charge in [0, 0.05) is 31.1 Å². The minimum absolute atomic E-state index is 0.0246. The van der Waals surface area contributed by atoms with E-state index in [0.717, 1.165) is 32.5 Å². The summed E-state index contributed by atoms with van der Waals surface area (Å²) in [7, 11) is -3.00. The molecule has 0 spiro atoms. The maximum atomic E-state index is 12.3. The SMILES string of the molecule is Cc1ccc(C2(CN3CCC(NC(=O)[C@H]4CCS(=O)(=O)C4)CC3)CC2)cc1. The molecule has 1 saturated carbocycles. The molecule has 1 atom stereocenters. The molecule has 0 unspecified atom stereocenters. The lowest BCUT2D eigenvalue weighted by molar-refractivity contribution is -0.125. The highest BCUT2D eigenvalue weighted by molar-refractivity contribution is 7.91. The summed E-state index contributed by atoms with van der Waals surface area (Å²) in [6.45, 7) is 5.24. The Labute approximate surface area is 162 Å². The Morgan fingerprint density at radius 2 is 1.81 bits per heavy atom. The van der Waals surface area contributed by atoms with Gasteiger partial charge in [-0.1, -0.05) is 29.8 Å². The fourth-order valence-electron chi connectivity index (χ4n) is 4.58. The average Bonchev–Trinajstić information content (AvgIpc) is 3.32. The summed E-state index contributed by atoms with van der Waals surface area (Å²) in [4.78, 5) is 14.9. The van der Waals surface area contributed by atoms with Gasteiger partial charge in [0.15, 0.2) is 9.84 Å². The molecule has 5 nitrogen and oxygen atoms in total. The number of carbonyl (C=O) groups is 1. The highest BCUT2D eigenvalue weighted by Crippen LogP contribution is 2.49. The molecule has 1 aromatic carbocycles. The molecule has 0 bridgehead atoms. The number of likely N-dealkylation sites (tertiary alicyclic amines) is 1. The number of sulfone groups is 1. The third kappa shape index (κ3) is 4.37. The number of carbonyl (C=O) groups excluding carboxylic acids is 1. The van der Waals surface area contributed by atoms with Crippen LogP contribution in [-0.2, 0) is 20.0 Å². The Kier molecular flexibility index (Phi) is 5.06. The molecule has 2 aliphatic heterocycles. The van der Waals surface area contributed by atoms with Crippen molar-refractivity contribution in [1.29, 1.82) is 0 Å². The Hall–Kier alpha value is -1.40. The van der Waals surface area contributed by atoms with Crippen molar-refractivity contribution in [3.05, 3.63) is 35.4 Å². The number of hydrogen-bond donors (Lipinski definition) is 1. The Morgan fingerprint density at radius 1 is 1.15 bits per heavy atom. The van der Waals surface area contributed by atoms with E-state index in [1.54, 1.807) is 0 Å². The van der Waals surface area contributed by atoms with Gasteiger partial charge in [-0.2, -0.15) is 0 Å². The highest BCUT2D eigenvalue weighted by Gasteiger charge is 2.45. The minimum Gasteiger partial charge on any atom is -0.353 e. The molecule has 1 aliphatic carbocycles. The van der Waals surface area contributed by atoms with Crippen LogP contribution in [0.15, 0.2) is 24.3 Å². The van der Waals surface area contributed by atoms with E-state index in [-0.39, 0.29) is 29.4 Å². The first kappa shape index (κ1) is 18.9. The third-order valence-electron chi connectivity index (χ3n) is 6.58. The van der Waals surface area contributed by atoms with E-state index < -0.39 is 9.84 Å². The van der Waals surface area contributed by atoms with Gasteiger partial charge in [0.1, 0.15) is 0 Å². The summed E-state index contributed by atoms with van der Waals surface area (Å²) in [5.74, 6) is -0.224. The van der Waals surface area contributed by atoms with Crippen molar-refractivity contribution >= 4 is 15.7 Å². The molecule has 2 saturated heterocycles. The predicted octanol–water partition coefficient (Wildman–Crippen LogP) is 2.04. The van der Waals surface area contributed by atoms with Crippen LogP contribution in [0.3, 0.4) is 0 Å². The van der Waals surface area contributed by atoms with E-state index in [1.165, 1.54) is 24.0 Å². The molecular weight excluding hydrogens is 360 g/mol. The predicted molar refractivity (Wildman–Crippen MR) is 106 cm³/mol.